The Morgan fingerprint density at radius 3 is 2.25 bits per heavy atom. The molecule has 2 aromatic rings. The van der Waals surface area contributed by atoms with Gasteiger partial charge in [0.25, 0.3) is 0 Å². The molecule has 6 heteroatoms. The van der Waals surface area contributed by atoms with Crippen LogP contribution in [0.25, 0.3) is 0 Å². The van der Waals surface area contributed by atoms with E-state index in [9.17, 15) is 8.78 Å². The molecule has 0 heterocycles. The van der Waals surface area contributed by atoms with Crippen molar-refractivity contribution < 1.29 is 8.78 Å². The molecular weight excluding hydrogens is 350 g/mol. The molecule has 0 spiro atoms. The van der Waals surface area contributed by atoms with Gasteiger partial charge in [-0.3, -0.25) is 0 Å². The van der Waals surface area contributed by atoms with Crippen molar-refractivity contribution in [3.8, 4) is 0 Å². The van der Waals surface area contributed by atoms with Crippen LogP contribution in [0.5, 0.6) is 0 Å². The number of halogens is 3. The molecule has 1 saturated carbocycles. The third-order valence-corrected chi connectivity index (χ3v) is 4.93. The number of thiocarbonyl (C=S) groups is 1. The minimum atomic E-state index is -0.683. The zero-order chi connectivity index (χ0) is 17.2. The molecule has 2 N–H and O–H groups in total. The predicted molar refractivity (Wildman–Crippen MR) is 97.3 cm³/mol. The zero-order valence-corrected chi connectivity index (χ0v) is 14.5. The molecule has 2 nitrogen and oxygen atoms in total. The van der Waals surface area contributed by atoms with Crippen molar-refractivity contribution in [2.75, 3.05) is 5.32 Å². The van der Waals surface area contributed by atoms with E-state index in [0.29, 0.717) is 5.02 Å². The molecule has 2 aromatic carbocycles. The van der Waals surface area contributed by atoms with E-state index >= 15 is 0 Å². The van der Waals surface area contributed by atoms with Crippen LogP contribution in [0.1, 0.15) is 31.2 Å². The van der Waals surface area contributed by atoms with Gasteiger partial charge in [0, 0.05) is 5.02 Å². The molecule has 3 rings (SSSR count). The molecular formula is C18H17ClF2N2S. The van der Waals surface area contributed by atoms with Crippen molar-refractivity contribution in [3.05, 3.63) is 64.7 Å². The molecule has 0 radical (unpaired) electrons. The number of hydrogen-bond donors (Lipinski definition) is 2. The van der Waals surface area contributed by atoms with Crippen LogP contribution in [-0.2, 0) is 5.54 Å². The van der Waals surface area contributed by atoms with Crippen molar-refractivity contribution in [2.24, 2.45) is 0 Å². The lowest BCUT2D eigenvalue weighted by Gasteiger charge is -2.33. The van der Waals surface area contributed by atoms with Crippen LogP contribution in [0.3, 0.4) is 0 Å². The number of rotatable bonds is 3. The molecule has 0 amide bonds. The highest BCUT2D eigenvalue weighted by Crippen LogP contribution is 2.41. The largest absolute Gasteiger partial charge is 0.353 e. The molecule has 1 aliphatic carbocycles. The van der Waals surface area contributed by atoms with Gasteiger partial charge in [0.1, 0.15) is 17.3 Å². The fourth-order valence-electron chi connectivity index (χ4n) is 3.27. The Bertz CT molecular complexity index is 740. The predicted octanol–water partition coefficient (Wildman–Crippen LogP) is 5.37. The van der Waals surface area contributed by atoms with Crippen molar-refractivity contribution >= 4 is 34.6 Å². The maximum absolute atomic E-state index is 13.8. The lowest BCUT2D eigenvalue weighted by molar-refractivity contribution is 0.408. The average Bonchev–Trinajstić information content (AvgIpc) is 3.01. The fraction of sp³-hybridized carbons (Fsp3) is 0.278. The zero-order valence-electron chi connectivity index (χ0n) is 12.9. The van der Waals surface area contributed by atoms with Crippen LogP contribution in [0.2, 0.25) is 5.02 Å². The highest BCUT2D eigenvalue weighted by molar-refractivity contribution is 7.80. The summed E-state index contributed by atoms with van der Waals surface area (Å²) in [5.41, 5.74) is 0.300. The van der Waals surface area contributed by atoms with Crippen molar-refractivity contribution in [1.82, 2.24) is 5.32 Å². The Balaban J connectivity index is 1.84. The maximum Gasteiger partial charge on any atom is 0.171 e. The van der Waals surface area contributed by atoms with Gasteiger partial charge in [-0.05, 0) is 48.8 Å². The van der Waals surface area contributed by atoms with Crippen molar-refractivity contribution in [1.29, 1.82) is 0 Å². The van der Waals surface area contributed by atoms with Crippen molar-refractivity contribution in [3.63, 3.8) is 0 Å². The quantitative estimate of drug-likeness (QED) is 0.714. The van der Waals surface area contributed by atoms with E-state index in [2.05, 4.69) is 10.6 Å². The van der Waals surface area contributed by atoms with Gasteiger partial charge >= 0.3 is 0 Å². The highest BCUT2D eigenvalue weighted by atomic mass is 35.5. The summed E-state index contributed by atoms with van der Waals surface area (Å²) in [6.07, 6.45) is 3.79. The third-order valence-electron chi connectivity index (χ3n) is 4.40. The van der Waals surface area contributed by atoms with Crippen LogP contribution in [0.4, 0.5) is 14.5 Å². The minimum absolute atomic E-state index is 0.181. The molecule has 0 aromatic heterocycles. The fourth-order valence-corrected chi connectivity index (χ4v) is 3.88. The van der Waals surface area contributed by atoms with Gasteiger partial charge in [-0.25, -0.2) is 8.78 Å². The summed E-state index contributed by atoms with van der Waals surface area (Å²) in [6, 6.07) is 11.3. The highest BCUT2D eigenvalue weighted by Gasteiger charge is 2.37. The topological polar surface area (TPSA) is 24.1 Å². The Labute approximate surface area is 150 Å². The van der Waals surface area contributed by atoms with Crippen LogP contribution >= 0.6 is 23.8 Å². The minimum Gasteiger partial charge on any atom is -0.353 e. The second-order valence-corrected chi connectivity index (χ2v) is 6.76. The summed E-state index contributed by atoms with van der Waals surface area (Å²) in [5.74, 6) is -1.37. The Morgan fingerprint density at radius 2 is 1.62 bits per heavy atom. The lowest BCUT2D eigenvalue weighted by atomic mass is 9.88. The van der Waals surface area contributed by atoms with Crippen molar-refractivity contribution in [2.45, 2.75) is 31.2 Å². The van der Waals surface area contributed by atoms with E-state index in [1.165, 1.54) is 18.2 Å². The Morgan fingerprint density at radius 1 is 1.00 bits per heavy atom. The van der Waals surface area contributed by atoms with E-state index in [4.69, 9.17) is 23.8 Å². The SMILES string of the molecule is Fc1cccc(F)c1NC(=S)NC1(c2ccccc2Cl)CCCC1. The summed E-state index contributed by atoms with van der Waals surface area (Å²) < 4.78 is 27.6. The van der Waals surface area contributed by atoms with Gasteiger partial charge in [0.15, 0.2) is 5.11 Å². The van der Waals surface area contributed by atoms with Gasteiger partial charge in [0.2, 0.25) is 0 Å². The maximum atomic E-state index is 13.8. The summed E-state index contributed by atoms with van der Waals surface area (Å²) in [4.78, 5) is 0. The van der Waals surface area contributed by atoms with E-state index < -0.39 is 17.2 Å². The molecule has 0 aliphatic heterocycles. The van der Waals surface area contributed by atoms with Crippen LogP contribution in [0, 0.1) is 11.6 Å². The van der Waals surface area contributed by atoms with Crippen LogP contribution in [-0.4, -0.2) is 5.11 Å². The Hall–Kier alpha value is -1.72. The molecule has 1 fully saturated rings. The van der Waals surface area contributed by atoms with Gasteiger partial charge < -0.3 is 10.6 Å². The smallest absolute Gasteiger partial charge is 0.171 e. The number of benzene rings is 2. The molecule has 24 heavy (non-hydrogen) atoms. The van der Waals surface area contributed by atoms with E-state index in [-0.39, 0.29) is 10.8 Å². The summed E-state index contributed by atoms with van der Waals surface area (Å²) >= 11 is 11.7. The first-order valence-electron chi connectivity index (χ1n) is 7.80. The number of nitrogens with one attached hydrogen (secondary N) is 2. The standard InChI is InChI=1S/C18H17ClF2N2S/c19-13-7-2-1-6-12(13)18(10-3-4-11-18)23-17(24)22-16-14(20)8-5-9-15(16)21/h1-2,5-9H,3-4,10-11H2,(H2,22,23,24). The molecule has 0 unspecified atom stereocenters. The van der Waals surface area contributed by atoms with Gasteiger partial charge in [-0.2, -0.15) is 0 Å². The second-order valence-electron chi connectivity index (χ2n) is 5.94. The molecule has 126 valence electrons. The second kappa shape index (κ2) is 7.03. The third kappa shape index (κ3) is 3.37. The van der Waals surface area contributed by atoms with Crippen LogP contribution < -0.4 is 10.6 Å². The van der Waals surface area contributed by atoms with E-state index in [1.807, 2.05) is 24.3 Å². The Kier molecular flexibility index (Phi) is 5.01. The number of hydrogen-bond acceptors (Lipinski definition) is 1. The first-order chi connectivity index (χ1) is 11.5. The monoisotopic (exact) mass is 366 g/mol. The number of anilines is 1. The van der Waals surface area contributed by atoms with Crippen LogP contribution in [0.15, 0.2) is 42.5 Å². The van der Waals surface area contributed by atoms with E-state index in [0.717, 1.165) is 31.2 Å². The van der Waals surface area contributed by atoms with E-state index in [1.54, 1.807) is 0 Å². The summed E-state index contributed by atoms with van der Waals surface area (Å²) in [6.45, 7) is 0. The first-order valence-corrected chi connectivity index (χ1v) is 8.59. The molecule has 0 bridgehead atoms. The van der Waals surface area contributed by atoms with Gasteiger partial charge in [-0.1, -0.05) is 48.7 Å². The van der Waals surface area contributed by atoms with Gasteiger partial charge in [-0.15, -0.1) is 0 Å². The average molecular weight is 367 g/mol. The normalized spacial score (nSPS) is 16.0. The summed E-state index contributed by atoms with van der Waals surface area (Å²) in [7, 11) is 0. The molecule has 0 saturated heterocycles. The lowest BCUT2D eigenvalue weighted by Crippen LogP contribution is -2.46. The number of para-hydroxylation sites is 1. The first kappa shape index (κ1) is 17.1. The summed E-state index contributed by atoms with van der Waals surface area (Å²) in [5, 5.41) is 6.74. The van der Waals surface area contributed by atoms with Gasteiger partial charge in [0.05, 0.1) is 5.54 Å². The molecule has 0 atom stereocenters. The molecule has 1 aliphatic rings.